The molecule has 1 saturated heterocycles. The van der Waals surface area contributed by atoms with Crippen LogP contribution in [0.15, 0.2) is 12.5 Å². The molecule has 0 aliphatic carbocycles. The van der Waals surface area contributed by atoms with Crippen molar-refractivity contribution in [1.29, 1.82) is 0 Å². The quantitative estimate of drug-likeness (QED) is 0.744. The second-order valence-electron chi connectivity index (χ2n) is 3.90. The van der Waals surface area contributed by atoms with Crippen LogP contribution in [0.3, 0.4) is 0 Å². The first-order valence-electron chi connectivity index (χ1n) is 5.68. The second-order valence-corrected chi connectivity index (χ2v) is 3.90. The summed E-state index contributed by atoms with van der Waals surface area (Å²) in [5.41, 5.74) is 3.81. The van der Waals surface area contributed by atoms with Crippen molar-refractivity contribution in [2.45, 2.75) is 12.8 Å². The van der Waals surface area contributed by atoms with Crippen LogP contribution in [-0.4, -0.2) is 42.0 Å². The van der Waals surface area contributed by atoms with E-state index in [9.17, 15) is 4.79 Å². The van der Waals surface area contributed by atoms with E-state index in [1.54, 1.807) is 6.20 Å². The van der Waals surface area contributed by atoms with Crippen LogP contribution in [0.5, 0.6) is 0 Å². The topological polar surface area (TPSA) is 88.6 Å². The van der Waals surface area contributed by atoms with E-state index in [1.807, 2.05) is 0 Å². The molecule has 1 aromatic rings. The molecule has 2 aliphatic rings. The van der Waals surface area contributed by atoms with Crippen LogP contribution in [0.4, 0.5) is 10.6 Å². The molecule has 3 rings (SSSR count). The van der Waals surface area contributed by atoms with E-state index in [2.05, 4.69) is 20.7 Å². The first-order valence-corrected chi connectivity index (χ1v) is 5.68. The summed E-state index contributed by atoms with van der Waals surface area (Å²) in [5, 5.41) is 4.08. The molecule has 18 heavy (non-hydrogen) atoms. The van der Waals surface area contributed by atoms with Gasteiger partial charge in [0.25, 0.3) is 0 Å². The van der Waals surface area contributed by atoms with Crippen LogP contribution in [-0.2, 0) is 16.0 Å². The summed E-state index contributed by atoms with van der Waals surface area (Å²) in [6, 6.07) is -0.251. The second kappa shape index (κ2) is 4.84. The third-order valence-electron chi connectivity index (χ3n) is 2.72. The molecule has 0 radical (unpaired) electrons. The molecule has 2 aliphatic heterocycles. The van der Waals surface area contributed by atoms with Crippen LogP contribution in [0.2, 0.25) is 0 Å². The molecular formula is C10H13N5O3. The minimum Gasteiger partial charge on any atom is -0.349 e. The Kier molecular flexibility index (Phi) is 3.05. The van der Waals surface area contributed by atoms with Crippen LogP contribution >= 0.6 is 0 Å². The zero-order valence-corrected chi connectivity index (χ0v) is 9.63. The summed E-state index contributed by atoms with van der Waals surface area (Å²) in [6.07, 6.45) is 2.76. The van der Waals surface area contributed by atoms with Crippen molar-refractivity contribution < 1.29 is 14.3 Å². The Bertz CT molecular complexity index is 449. The maximum atomic E-state index is 11.8. The van der Waals surface area contributed by atoms with E-state index in [4.69, 9.17) is 9.47 Å². The van der Waals surface area contributed by atoms with Crippen molar-refractivity contribution in [1.82, 2.24) is 20.7 Å². The van der Waals surface area contributed by atoms with Crippen LogP contribution in [0.25, 0.3) is 0 Å². The van der Waals surface area contributed by atoms with Gasteiger partial charge in [-0.1, -0.05) is 0 Å². The van der Waals surface area contributed by atoms with Gasteiger partial charge in [-0.05, 0) is 0 Å². The van der Waals surface area contributed by atoms with Gasteiger partial charge >= 0.3 is 6.03 Å². The van der Waals surface area contributed by atoms with Gasteiger partial charge in [-0.25, -0.2) is 25.2 Å². The predicted octanol–water partition coefficient (Wildman–Crippen LogP) is -0.616. The maximum Gasteiger partial charge on any atom is 0.338 e. The molecule has 1 aromatic heterocycles. The van der Waals surface area contributed by atoms with Gasteiger partial charge in [-0.15, -0.1) is 0 Å². The van der Waals surface area contributed by atoms with E-state index >= 15 is 0 Å². The lowest BCUT2D eigenvalue weighted by Crippen LogP contribution is -2.54. The van der Waals surface area contributed by atoms with Crippen molar-refractivity contribution in [3.05, 3.63) is 18.1 Å². The SMILES string of the molecule is O=C1NCc2cncnc2N1NCC1OCCO1. The highest BCUT2D eigenvalue weighted by atomic mass is 16.7. The van der Waals surface area contributed by atoms with Gasteiger partial charge in [0.05, 0.1) is 19.8 Å². The highest BCUT2D eigenvalue weighted by Crippen LogP contribution is 2.18. The summed E-state index contributed by atoms with van der Waals surface area (Å²) in [7, 11) is 0. The molecule has 0 saturated carbocycles. The van der Waals surface area contributed by atoms with Gasteiger partial charge < -0.3 is 14.8 Å². The maximum absolute atomic E-state index is 11.8. The molecule has 3 heterocycles. The van der Waals surface area contributed by atoms with Crippen molar-refractivity contribution in [2.24, 2.45) is 0 Å². The highest BCUT2D eigenvalue weighted by molar-refractivity contribution is 5.92. The normalized spacial score (nSPS) is 19.8. The minimum absolute atomic E-state index is 0.251. The molecule has 0 unspecified atom stereocenters. The molecule has 0 atom stereocenters. The molecule has 0 spiro atoms. The molecule has 8 heteroatoms. The third-order valence-corrected chi connectivity index (χ3v) is 2.72. The lowest BCUT2D eigenvalue weighted by Gasteiger charge is -2.29. The number of urea groups is 1. The molecule has 0 bridgehead atoms. The van der Waals surface area contributed by atoms with Crippen molar-refractivity contribution >= 4 is 11.8 Å². The van der Waals surface area contributed by atoms with E-state index in [0.717, 1.165) is 5.56 Å². The number of rotatable bonds is 3. The number of hydrogen-bond donors (Lipinski definition) is 2. The largest absolute Gasteiger partial charge is 0.349 e. The number of hydrazine groups is 1. The summed E-state index contributed by atoms with van der Waals surface area (Å²) in [6.45, 7) is 1.98. The van der Waals surface area contributed by atoms with Gasteiger partial charge in [0.15, 0.2) is 12.1 Å². The first-order chi connectivity index (χ1) is 8.84. The zero-order chi connectivity index (χ0) is 12.4. The number of nitrogens with zero attached hydrogens (tertiary/aromatic N) is 3. The number of ether oxygens (including phenoxy) is 2. The molecule has 8 nitrogen and oxygen atoms in total. The average molecular weight is 251 g/mol. The fourth-order valence-corrected chi connectivity index (χ4v) is 1.86. The van der Waals surface area contributed by atoms with Crippen LogP contribution in [0, 0.1) is 0 Å². The van der Waals surface area contributed by atoms with Gasteiger partial charge in [-0.3, -0.25) is 0 Å². The van der Waals surface area contributed by atoms with Crippen LogP contribution < -0.4 is 15.8 Å². The van der Waals surface area contributed by atoms with Gasteiger partial charge in [0, 0.05) is 18.3 Å². The Labute approximate surface area is 103 Å². The molecular weight excluding hydrogens is 238 g/mol. The van der Waals surface area contributed by atoms with E-state index in [0.29, 0.717) is 32.1 Å². The highest BCUT2D eigenvalue weighted by Gasteiger charge is 2.26. The number of amides is 2. The minimum atomic E-state index is -0.329. The Balaban J connectivity index is 1.71. The lowest BCUT2D eigenvalue weighted by molar-refractivity contribution is -0.0390. The summed E-state index contributed by atoms with van der Waals surface area (Å²) in [5.74, 6) is 0.562. The summed E-state index contributed by atoms with van der Waals surface area (Å²) in [4.78, 5) is 19.8. The number of carbonyl (C=O) groups excluding carboxylic acids is 1. The molecule has 2 amide bonds. The van der Waals surface area contributed by atoms with E-state index < -0.39 is 0 Å². The Morgan fingerprint density at radius 1 is 1.50 bits per heavy atom. The number of fused-ring (bicyclic) bond motifs is 1. The Hall–Kier alpha value is -1.77. The Morgan fingerprint density at radius 2 is 2.33 bits per heavy atom. The van der Waals surface area contributed by atoms with E-state index in [-0.39, 0.29) is 12.3 Å². The van der Waals surface area contributed by atoms with Crippen molar-refractivity contribution in [2.75, 3.05) is 24.8 Å². The van der Waals surface area contributed by atoms with Crippen LogP contribution in [0.1, 0.15) is 5.56 Å². The smallest absolute Gasteiger partial charge is 0.338 e. The fraction of sp³-hybridized carbons (Fsp3) is 0.500. The third kappa shape index (κ3) is 2.13. The first kappa shape index (κ1) is 11.3. The summed E-state index contributed by atoms with van der Waals surface area (Å²) >= 11 is 0. The number of anilines is 1. The lowest BCUT2D eigenvalue weighted by atomic mass is 10.2. The van der Waals surface area contributed by atoms with E-state index in [1.165, 1.54) is 11.3 Å². The number of aromatic nitrogens is 2. The summed E-state index contributed by atoms with van der Waals surface area (Å²) < 4.78 is 10.6. The Morgan fingerprint density at radius 3 is 3.17 bits per heavy atom. The van der Waals surface area contributed by atoms with Gasteiger partial charge in [-0.2, -0.15) is 0 Å². The zero-order valence-electron chi connectivity index (χ0n) is 9.63. The number of nitrogens with one attached hydrogen (secondary N) is 2. The molecule has 2 N–H and O–H groups in total. The monoisotopic (exact) mass is 251 g/mol. The standard InChI is InChI=1S/C10H13N5O3/c16-10-12-4-7-3-11-6-13-9(7)15(10)14-5-8-17-1-2-18-8/h3,6,8,14H,1-2,4-5H2,(H,12,16). The predicted molar refractivity (Wildman–Crippen MR) is 60.4 cm³/mol. The molecule has 1 fully saturated rings. The number of hydrogen-bond acceptors (Lipinski definition) is 6. The molecule has 96 valence electrons. The van der Waals surface area contributed by atoms with Gasteiger partial charge in [0.2, 0.25) is 0 Å². The number of carbonyl (C=O) groups is 1. The van der Waals surface area contributed by atoms with Gasteiger partial charge in [0.1, 0.15) is 6.33 Å². The fourth-order valence-electron chi connectivity index (χ4n) is 1.86. The molecule has 0 aromatic carbocycles. The van der Waals surface area contributed by atoms with Crippen molar-refractivity contribution in [3.8, 4) is 0 Å². The average Bonchev–Trinajstić information content (AvgIpc) is 2.91. The van der Waals surface area contributed by atoms with Crippen molar-refractivity contribution in [3.63, 3.8) is 0 Å².